The van der Waals surface area contributed by atoms with Gasteiger partial charge < -0.3 is 10.1 Å². The quantitative estimate of drug-likeness (QED) is 0.851. The number of carbonyl (C=O) groups is 2. The molecule has 5 nitrogen and oxygen atoms in total. The van der Waals surface area contributed by atoms with Crippen molar-refractivity contribution in [2.75, 3.05) is 13.7 Å². The number of benzene rings is 1. The topological polar surface area (TPSA) is 58.6 Å². The van der Waals surface area contributed by atoms with E-state index in [2.05, 4.69) is 12.2 Å². The van der Waals surface area contributed by atoms with E-state index in [0.29, 0.717) is 17.8 Å². The van der Waals surface area contributed by atoms with Gasteiger partial charge in [0, 0.05) is 12.2 Å². The first kappa shape index (κ1) is 16.1. The van der Waals surface area contributed by atoms with Gasteiger partial charge in [-0.15, -0.1) is 0 Å². The number of allylic oxidation sites excluding steroid dienone is 1. The molecule has 1 aromatic carbocycles. The Morgan fingerprint density at radius 3 is 2.59 bits per heavy atom. The molecule has 0 saturated heterocycles. The number of ether oxygens (including phenoxy) is 1. The summed E-state index contributed by atoms with van der Waals surface area (Å²) in [5, 5.41) is 2.92. The molecular formula is C17H22N2O3. The maximum atomic E-state index is 12.4. The molecule has 118 valence electrons. The molecule has 0 spiro atoms. The Morgan fingerprint density at radius 1 is 1.32 bits per heavy atom. The van der Waals surface area contributed by atoms with E-state index < -0.39 is 12.0 Å². The Labute approximate surface area is 130 Å². The summed E-state index contributed by atoms with van der Waals surface area (Å²) in [4.78, 5) is 26.2. The van der Waals surface area contributed by atoms with Crippen molar-refractivity contribution in [1.82, 2.24) is 10.2 Å². The lowest BCUT2D eigenvalue weighted by atomic mass is 9.95. The van der Waals surface area contributed by atoms with E-state index in [1.807, 2.05) is 30.3 Å². The van der Waals surface area contributed by atoms with Gasteiger partial charge in [0.05, 0.1) is 18.7 Å². The Morgan fingerprint density at radius 2 is 2.00 bits per heavy atom. The molecule has 0 aromatic heterocycles. The Hall–Kier alpha value is -2.30. The summed E-state index contributed by atoms with van der Waals surface area (Å²) in [5.74, 6) is -0.409. The van der Waals surface area contributed by atoms with Crippen LogP contribution in [0.15, 0.2) is 41.6 Å². The van der Waals surface area contributed by atoms with E-state index in [-0.39, 0.29) is 6.03 Å². The zero-order chi connectivity index (χ0) is 16.1. The molecule has 2 amide bonds. The third-order valence-corrected chi connectivity index (χ3v) is 3.87. The molecule has 1 aliphatic heterocycles. The van der Waals surface area contributed by atoms with E-state index in [0.717, 1.165) is 18.4 Å². The second-order valence-corrected chi connectivity index (χ2v) is 5.29. The zero-order valence-corrected chi connectivity index (χ0v) is 13.3. The molecule has 1 aromatic rings. The third kappa shape index (κ3) is 3.13. The second-order valence-electron chi connectivity index (χ2n) is 5.29. The van der Waals surface area contributed by atoms with E-state index in [4.69, 9.17) is 4.74 Å². The molecule has 0 radical (unpaired) electrons. The fourth-order valence-electron chi connectivity index (χ4n) is 2.64. The van der Waals surface area contributed by atoms with Crippen molar-refractivity contribution in [3.63, 3.8) is 0 Å². The standard InChI is InChI=1S/C17H22N2O3/c1-4-5-11-19-12(2)14(16(20)22-3)15(18-17(19)21)13-9-7-6-8-10-13/h6-10,15H,4-5,11H2,1-3H3,(H,18,21)/t15-/m1/s1. The SMILES string of the molecule is CCCCN1C(=O)N[C@H](c2ccccc2)C(C(=O)OC)=C1C. The van der Waals surface area contributed by atoms with Crippen molar-refractivity contribution in [1.29, 1.82) is 0 Å². The summed E-state index contributed by atoms with van der Waals surface area (Å²) in [7, 11) is 1.36. The maximum absolute atomic E-state index is 12.4. The van der Waals surface area contributed by atoms with Crippen molar-refractivity contribution >= 4 is 12.0 Å². The normalized spacial score (nSPS) is 18.2. The minimum atomic E-state index is -0.473. The number of nitrogens with zero attached hydrogens (tertiary/aromatic N) is 1. The van der Waals surface area contributed by atoms with Crippen LogP contribution >= 0.6 is 0 Å². The van der Waals surface area contributed by atoms with Gasteiger partial charge in [-0.05, 0) is 18.9 Å². The molecule has 0 bridgehead atoms. The maximum Gasteiger partial charge on any atom is 0.337 e. The molecule has 1 aliphatic rings. The number of amides is 2. The number of hydrogen-bond acceptors (Lipinski definition) is 3. The fraction of sp³-hybridized carbons (Fsp3) is 0.412. The number of esters is 1. The summed E-state index contributed by atoms with van der Waals surface area (Å²) < 4.78 is 4.93. The number of unbranched alkanes of at least 4 members (excludes halogenated alkanes) is 1. The summed E-state index contributed by atoms with van der Waals surface area (Å²) in [5.41, 5.74) is 2.02. The Kier molecular flexibility index (Phi) is 5.20. The number of nitrogens with one attached hydrogen (secondary N) is 1. The average Bonchev–Trinajstić information content (AvgIpc) is 2.54. The van der Waals surface area contributed by atoms with Crippen LogP contribution in [-0.4, -0.2) is 30.6 Å². The minimum absolute atomic E-state index is 0.174. The summed E-state index contributed by atoms with van der Waals surface area (Å²) in [6, 6.07) is 8.80. The first-order valence-electron chi connectivity index (χ1n) is 7.52. The predicted molar refractivity (Wildman–Crippen MR) is 84.0 cm³/mol. The molecule has 1 heterocycles. The highest BCUT2D eigenvalue weighted by atomic mass is 16.5. The van der Waals surface area contributed by atoms with Gasteiger partial charge in [-0.2, -0.15) is 0 Å². The number of carbonyl (C=O) groups excluding carboxylic acids is 2. The highest BCUT2D eigenvalue weighted by Crippen LogP contribution is 2.31. The molecule has 0 saturated carbocycles. The molecule has 0 aliphatic carbocycles. The molecule has 1 atom stereocenters. The van der Waals surface area contributed by atoms with Gasteiger partial charge in [-0.3, -0.25) is 4.90 Å². The zero-order valence-electron chi connectivity index (χ0n) is 13.3. The van der Waals surface area contributed by atoms with Crippen LogP contribution in [0, 0.1) is 0 Å². The van der Waals surface area contributed by atoms with Crippen LogP contribution in [0.25, 0.3) is 0 Å². The average molecular weight is 302 g/mol. The predicted octanol–water partition coefficient (Wildman–Crippen LogP) is 3.00. The van der Waals surface area contributed by atoms with E-state index in [1.165, 1.54) is 7.11 Å². The lowest BCUT2D eigenvalue weighted by Crippen LogP contribution is -2.48. The largest absolute Gasteiger partial charge is 0.466 e. The highest BCUT2D eigenvalue weighted by molar-refractivity contribution is 5.94. The highest BCUT2D eigenvalue weighted by Gasteiger charge is 2.35. The van der Waals surface area contributed by atoms with Gasteiger partial charge in [0.25, 0.3) is 0 Å². The van der Waals surface area contributed by atoms with Crippen LogP contribution in [0.2, 0.25) is 0 Å². The number of hydrogen-bond donors (Lipinski definition) is 1. The molecule has 0 unspecified atom stereocenters. The van der Waals surface area contributed by atoms with Crippen LogP contribution in [0.4, 0.5) is 4.79 Å². The number of urea groups is 1. The number of rotatable bonds is 5. The van der Waals surface area contributed by atoms with Gasteiger partial charge in [0.15, 0.2) is 0 Å². The molecular weight excluding hydrogens is 280 g/mol. The van der Waals surface area contributed by atoms with Crippen LogP contribution < -0.4 is 5.32 Å². The van der Waals surface area contributed by atoms with E-state index in [9.17, 15) is 9.59 Å². The minimum Gasteiger partial charge on any atom is -0.466 e. The lowest BCUT2D eigenvalue weighted by Gasteiger charge is -2.35. The first-order chi connectivity index (χ1) is 10.6. The van der Waals surface area contributed by atoms with Gasteiger partial charge in [-0.1, -0.05) is 43.7 Å². The van der Waals surface area contributed by atoms with Crippen molar-refractivity contribution < 1.29 is 14.3 Å². The molecule has 2 rings (SSSR count). The summed E-state index contributed by atoms with van der Waals surface area (Å²) in [6.07, 6.45) is 1.86. The molecule has 5 heteroatoms. The molecule has 0 fully saturated rings. The second kappa shape index (κ2) is 7.11. The number of methoxy groups -OCH3 is 1. The first-order valence-corrected chi connectivity index (χ1v) is 7.52. The van der Waals surface area contributed by atoms with Crippen molar-refractivity contribution in [2.24, 2.45) is 0 Å². The smallest absolute Gasteiger partial charge is 0.337 e. The third-order valence-electron chi connectivity index (χ3n) is 3.87. The van der Waals surface area contributed by atoms with Gasteiger partial charge in [-0.25, -0.2) is 9.59 Å². The van der Waals surface area contributed by atoms with Crippen LogP contribution in [0.5, 0.6) is 0 Å². The van der Waals surface area contributed by atoms with Gasteiger partial charge >= 0.3 is 12.0 Å². The Balaban J connectivity index is 2.45. The fourth-order valence-corrected chi connectivity index (χ4v) is 2.64. The van der Waals surface area contributed by atoms with Crippen LogP contribution in [0.3, 0.4) is 0 Å². The van der Waals surface area contributed by atoms with Gasteiger partial charge in [0.2, 0.25) is 0 Å². The van der Waals surface area contributed by atoms with Crippen molar-refractivity contribution in [2.45, 2.75) is 32.7 Å². The Bertz CT molecular complexity index is 581. The van der Waals surface area contributed by atoms with E-state index in [1.54, 1.807) is 11.8 Å². The van der Waals surface area contributed by atoms with Crippen molar-refractivity contribution in [3.05, 3.63) is 47.2 Å². The lowest BCUT2D eigenvalue weighted by molar-refractivity contribution is -0.136. The molecule has 22 heavy (non-hydrogen) atoms. The van der Waals surface area contributed by atoms with Crippen LogP contribution in [0.1, 0.15) is 38.3 Å². The van der Waals surface area contributed by atoms with Crippen molar-refractivity contribution in [3.8, 4) is 0 Å². The van der Waals surface area contributed by atoms with E-state index >= 15 is 0 Å². The molecule has 1 N–H and O–H groups in total. The summed E-state index contributed by atoms with van der Waals surface area (Å²) in [6.45, 7) is 4.46. The van der Waals surface area contributed by atoms with Gasteiger partial charge in [0.1, 0.15) is 0 Å². The van der Waals surface area contributed by atoms with Crippen LogP contribution in [-0.2, 0) is 9.53 Å². The monoisotopic (exact) mass is 302 g/mol. The summed E-state index contributed by atoms with van der Waals surface area (Å²) >= 11 is 0.